The van der Waals surface area contributed by atoms with Crippen LogP contribution in [0.25, 0.3) is 0 Å². The first-order chi connectivity index (χ1) is 11.1. The maximum atomic E-state index is 12.2. The Labute approximate surface area is 140 Å². The first kappa shape index (κ1) is 17.0. The van der Waals surface area contributed by atoms with E-state index in [2.05, 4.69) is 22.5 Å². The van der Waals surface area contributed by atoms with Crippen molar-refractivity contribution in [3.8, 4) is 0 Å². The lowest BCUT2D eigenvalue weighted by Gasteiger charge is -2.41. The van der Waals surface area contributed by atoms with E-state index in [-0.39, 0.29) is 18.2 Å². The molecule has 4 atom stereocenters. The van der Waals surface area contributed by atoms with Gasteiger partial charge in [-0.2, -0.15) is 0 Å². The monoisotopic (exact) mass is 323 g/mol. The Morgan fingerprint density at radius 3 is 2.35 bits per heavy atom. The van der Waals surface area contributed by atoms with Gasteiger partial charge in [-0.05, 0) is 44.4 Å². The van der Waals surface area contributed by atoms with Crippen molar-refractivity contribution in [2.75, 3.05) is 13.1 Å². The van der Waals surface area contributed by atoms with Crippen LogP contribution in [0.3, 0.4) is 0 Å². The molecule has 1 aliphatic heterocycles. The van der Waals surface area contributed by atoms with Crippen molar-refractivity contribution in [3.63, 3.8) is 0 Å². The number of hydrogen-bond acceptors (Lipinski definition) is 3. The van der Waals surface area contributed by atoms with Crippen LogP contribution in [0.5, 0.6) is 0 Å². The largest absolute Gasteiger partial charge is 0.391 e. The van der Waals surface area contributed by atoms with E-state index in [0.29, 0.717) is 18.0 Å². The number of aliphatic hydroxyl groups excluding tert-OH is 1. The van der Waals surface area contributed by atoms with Crippen LogP contribution in [0.4, 0.5) is 4.79 Å². The summed E-state index contributed by atoms with van der Waals surface area (Å²) in [5, 5.41) is 16.5. The van der Waals surface area contributed by atoms with Crippen molar-refractivity contribution in [2.45, 2.75) is 88.9 Å². The maximum Gasteiger partial charge on any atom is 0.315 e. The van der Waals surface area contributed by atoms with Gasteiger partial charge in [-0.15, -0.1) is 0 Å². The lowest BCUT2D eigenvalue weighted by atomic mass is 9.89. The van der Waals surface area contributed by atoms with Crippen molar-refractivity contribution in [3.05, 3.63) is 0 Å². The van der Waals surface area contributed by atoms with E-state index in [0.717, 1.165) is 51.6 Å². The highest BCUT2D eigenvalue weighted by Crippen LogP contribution is 2.26. The number of nitrogens with zero attached hydrogens (tertiary/aromatic N) is 1. The second kappa shape index (κ2) is 7.84. The van der Waals surface area contributed by atoms with Crippen LogP contribution in [0.2, 0.25) is 0 Å². The van der Waals surface area contributed by atoms with Gasteiger partial charge in [0.15, 0.2) is 0 Å². The summed E-state index contributed by atoms with van der Waals surface area (Å²) in [5.74, 6) is 0.607. The number of urea groups is 1. The molecular weight excluding hydrogens is 290 g/mol. The first-order valence-corrected chi connectivity index (χ1v) is 9.62. The molecule has 3 aliphatic rings. The third kappa shape index (κ3) is 4.38. The minimum Gasteiger partial charge on any atom is -0.391 e. The fourth-order valence-electron chi connectivity index (χ4n) is 4.65. The molecule has 0 spiro atoms. The summed E-state index contributed by atoms with van der Waals surface area (Å²) in [4.78, 5) is 14.6. The molecule has 3 N–H and O–H groups in total. The van der Waals surface area contributed by atoms with Crippen LogP contribution in [0.1, 0.15) is 64.7 Å². The maximum absolute atomic E-state index is 12.2. The summed E-state index contributed by atoms with van der Waals surface area (Å²) in [7, 11) is 0. The Hall–Kier alpha value is -0.810. The molecule has 2 saturated carbocycles. The highest BCUT2D eigenvalue weighted by molar-refractivity contribution is 5.74. The van der Waals surface area contributed by atoms with Gasteiger partial charge in [-0.25, -0.2) is 4.79 Å². The Bertz CT molecular complexity index is 396. The Kier molecular flexibility index (Phi) is 5.81. The molecule has 0 bridgehead atoms. The lowest BCUT2D eigenvalue weighted by molar-refractivity contribution is 0.00775. The highest BCUT2D eigenvalue weighted by atomic mass is 16.3. The van der Waals surface area contributed by atoms with Crippen LogP contribution < -0.4 is 10.6 Å². The quantitative estimate of drug-likeness (QED) is 0.746. The molecule has 0 radical (unpaired) electrons. The molecule has 0 aromatic carbocycles. The molecule has 5 heteroatoms. The first-order valence-electron chi connectivity index (χ1n) is 9.62. The van der Waals surface area contributed by atoms with Gasteiger partial charge in [0.1, 0.15) is 0 Å². The minimum absolute atomic E-state index is 0.0138. The van der Waals surface area contributed by atoms with Gasteiger partial charge in [0.2, 0.25) is 0 Å². The molecule has 5 nitrogen and oxygen atoms in total. The zero-order valence-corrected chi connectivity index (χ0v) is 14.5. The number of aliphatic hydroxyl groups is 1. The van der Waals surface area contributed by atoms with E-state index < -0.39 is 0 Å². The zero-order chi connectivity index (χ0) is 16.2. The van der Waals surface area contributed by atoms with Crippen LogP contribution >= 0.6 is 0 Å². The van der Waals surface area contributed by atoms with Crippen LogP contribution in [-0.4, -0.2) is 53.4 Å². The number of amides is 2. The summed E-state index contributed by atoms with van der Waals surface area (Å²) in [5.41, 5.74) is 0. The SMILES string of the molecule is CC1CCCC1NC(=O)NC1CCN(C2CCCCC2O)CC1. The fourth-order valence-corrected chi connectivity index (χ4v) is 4.65. The number of hydrogen-bond donors (Lipinski definition) is 3. The second-order valence-corrected chi connectivity index (χ2v) is 7.86. The fraction of sp³-hybridized carbons (Fsp3) is 0.944. The van der Waals surface area contributed by atoms with Crippen LogP contribution in [0, 0.1) is 5.92 Å². The second-order valence-electron chi connectivity index (χ2n) is 7.86. The van der Waals surface area contributed by atoms with Crippen molar-refractivity contribution < 1.29 is 9.90 Å². The van der Waals surface area contributed by atoms with Gasteiger partial charge in [-0.3, -0.25) is 4.90 Å². The molecule has 23 heavy (non-hydrogen) atoms. The summed E-state index contributed by atoms with van der Waals surface area (Å²) in [6, 6.07) is 0.994. The average Bonchev–Trinajstić information content (AvgIpc) is 2.94. The molecule has 1 saturated heterocycles. The van der Waals surface area contributed by atoms with Gasteiger partial charge in [-0.1, -0.05) is 26.2 Å². The molecule has 132 valence electrons. The lowest BCUT2D eigenvalue weighted by Crippen LogP contribution is -2.54. The summed E-state index contributed by atoms with van der Waals surface area (Å²) >= 11 is 0. The van der Waals surface area contributed by atoms with Gasteiger partial charge < -0.3 is 15.7 Å². The average molecular weight is 323 g/mol. The van der Waals surface area contributed by atoms with Gasteiger partial charge in [0.05, 0.1) is 6.10 Å². The number of rotatable bonds is 3. The number of nitrogens with one attached hydrogen (secondary N) is 2. The standard InChI is InChI=1S/C18H33N3O2/c1-13-5-4-6-15(13)20-18(23)19-14-9-11-21(12-10-14)16-7-2-3-8-17(16)22/h13-17,22H,2-12H2,1H3,(H2,19,20,23). The van der Waals surface area contributed by atoms with E-state index in [1.165, 1.54) is 19.3 Å². The van der Waals surface area contributed by atoms with Gasteiger partial charge in [0.25, 0.3) is 0 Å². The smallest absolute Gasteiger partial charge is 0.315 e. The molecule has 0 aromatic heterocycles. The van der Waals surface area contributed by atoms with Crippen LogP contribution in [0.15, 0.2) is 0 Å². The van der Waals surface area contributed by atoms with E-state index in [1.54, 1.807) is 0 Å². The Morgan fingerprint density at radius 2 is 1.70 bits per heavy atom. The molecule has 1 heterocycles. The van der Waals surface area contributed by atoms with Crippen LogP contribution in [-0.2, 0) is 0 Å². The number of piperidine rings is 1. The summed E-state index contributed by atoms with van der Waals surface area (Å²) in [6.07, 6.45) is 9.89. The number of carbonyl (C=O) groups is 1. The third-order valence-corrected chi connectivity index (χ3v) is 6.21. The molecule has 3 rings (SSSR count). The van der Waals surface area contributed by atoms with E-state index in [9.17, 15) is 9.90 Å². The van der Waals surface area contributed by atoms with Crippen molar-refractivity contribution in [1.29, 1.82) is 0 Å². The summed E-state index contributed by atoms with van der Waals surface area (Å²) in [6.45, 7) is 4.21. The topological polar surface area (TPSA) is 64.6 Å². The highest BCUT2D eigenvalue weighted by Gasteiger charge is 2.32. The van der Waals surface area contributed by atoms with E-state index in [4.69, 9.17) is 0 Å². The summed E-state index contributed by atoms with van der Waals surface area (Å²) < 4.78 is 0. The van der Waals surface area contributed by atoms with Gasteiger partial charge in [0, 0.05) is 31.2 Å². The predicted octanol–water partition coefficient (Wildman–Crippen LogP) is 2.24. The normalized spacial score (nSPS) is 36.8. The van der Waals surface area contributed by atoms with Crippen molar-refractivity contribution in [2.24, 2.45) is 5.92 Å². The Balaban J connectivity index is 1.39. The minimum atomic E-state index is -0.152. The third-order valence-electron chi connectivity index (χ3n) is 6.21. The molecule has 2 aliphatic carbocycles. The molecule has 0 aromatic rings. The number of carbonyl (C=O) groups excluding carboxylic acids is 1. The molecule has 4 unspecified atom stereocenters. The van der Waals surface area contributed by atoms with Crippen molar-refractivity contribution >= 4 is 6.03 Å². The van der Waals surface area contributed by atoms with Crippen molar-refractivity contribution in [1.82, 2.24) is 15.5 Å². The molecular formula is C18H33N3O2. The molecule has 2 amide bonds. The Morgan fingerprint density at radius 1 is 0.957 bits per heavy atom. The number of likely N-dealkylation sites (tertiary alicyclic amines) is 1. The zero-order valence-electron chi connectivity index (χ0n) is 14.5. The predicted molar refractivity (Wildman–Crippen MR) is 91.3 cm³/mol. The van der Waals surface area contributed by atoms with E-state index in [1.807, 2.05) is 0 Å². The molecule has 3 fully saturated rings. The van der Waals surface area contributed by atoms with Gasteiger partial charge >= 0.3 is 6.03 Å². The van der Waals surface area contributed by atoms with E-state index >= 15 is 0 Å².